The number of aliphatic carboxylic acids is 1. The van der Waals surface area contributed by atoms with Crippen LogP contribution < -0.4 is 21.7 Å². The lowest BCUT2D eigenvalue weighted by atomic mass is 10.2. The van der Waals surface area contributed by atoms with Crippen molar-refractivity contribution in [2.75, 3.05) is 18.6 Å². The molecule has 0 rings (SSSR count). The first kappa shape index (κ1) is 21.2. The van der Waals surface area contributed by atoms with Gasteiger partial charge in [-0.05, 0) is 32.3 Å². The van der Waals surface area contributed by atoms with Gasteiger partial charge in [0.05, 0.1) is 12.6 Å². The first-order valence-electron chi connectivity index (χ1n) is 7.03. The Labute approximate surface area is 139 Å². The van der Waals surface area contributed by atoms with Crippen LogP contribution >= 0.6 is 11.8 Å². The second kappa shape index (κ2) is 10.8. The smallest absolute Gasteiger partial charge is 0.325 e. The van der Waals surface area contributed by atoms with Crippen LogP contribution in [-0.2, 0) is 19.2 Å². The number of carbonyl (C=O) groups is 4. The van der Waals surface area contributed by atoms with Crippen molar-refractivity contribution in [2.24, 2.45) is 5.73 Å². The summed E-state index contributed by atoms with van der Waals surface area (Å²) in [6.07, 6.45) is 2.25. The van der Waals surface area contributed by atoms with E-state index in [0.717, 1.165) is 0 Å². The first-order valence-corrected chi connectivity index (χ1v) is 8.43. The summed E-state index contributed by atoms with van der Waals surface area (Å²) in [5.41, 5.74) is 5.45. The van der Waals surface area contributed by atoms with Crippen LogP contribution in [0.15, 0.2) is 0 Å². The van der Waals surface area contributed by atoms with E-state index in [9.17, 15) is 19.2 Å². The summed E-state index contributed by atoms with van der Waals surface area (Å²) in [5, 5.41) is 15.8. The van der Waals surface area contributed by atoms with Crippen molar-refractivity contribution in [3.63, 3.8) is 0 Å². The van der Waals surface area contributed by atoms with E-state index in [1.165, 1.54) is 25.6 Å². The van der Waals surface area contributed by atoms with Crippen LogP contribution in [0.25, 0.3) is 0 Å². The molecule has 3 amide bonds. The van der Waals surface area contributed by atoms with Gasteiger partial charge in [0.2, 0.25) is 17.7 Å². The molecule has 23 heavy (non-hydrogen) atoms. The van der Waals surface area contributed by atoms with Gasteiger partial charge in [-0.25, -0.2) is 0 Å². The average Bonchev–Trinajstić information content (AvgIpc) is 2.48. The lowest BCUT2D eigenvalue weighted by Crippen LogP contribution is -2.53. The Kier molecular flexibility index (Phi) is 9.99. The van der Waals surface area contributed by atoms with E-state index < -0.39 is 41.8 Å². The largest absolute Gasteiger partial charge is 0.480 e. The Balaban J connectivity index is 4.50. The number of rotatable bonds is 10. The molecule has 10 heteroatoms. The highest BCUT2D eigenvalue weighted by Crippen LogP contribution is 2.01. The molecule has 0 aliphatic carbocycles. The monoisotopic (exact) mass is 348 g/mol. The second-order valence-electron chi connectivity index (χ2n) is 4.98. The van der Waals surface area contributed by atoms with E-state index in [1.807, 2.05) is 6.26 Å². The summed E-state index contributed by atoms with van der Waals surface area (Å²) < 4.78 is 0. The van der Waals surface area contributed by atoms with Crippen molar-refractivity contribution in [1.29, 1.82) is 0 Å². The van der Waals surface area contributed by atoms with Gasteiger partial charge in [0, 0.05) is 0 Å². The third-order valence-corrected chi connectivity index (χ3v) is 3.47. The minimum absolute atomic E-state index is 0.375. The third-order valence-electron chi connectivity index (χ3n) is 2.83. The molecule has 3 unspecified atom stereocenters. The highest BCUT2D eigenvalue weighted by atomic mass is 32.2. The fraction of sp³-hybridized carbons (Fsp3) is 0.692. The maximum Gasteiger partial charge on any atom is 0.325 e. The summed E-state index contributed by atoms with van der Waals surface area (Å²) >= 11 is 1.51. The van der Waals surface area contributed by atoms with Crippen molar-refractivity contribution in [3.8, 4) is 0 Å². The molecule has 9 nitrogen and oxygen atoms in total. The van der Waals surface area contributed by atoms with Crippen LogP contribution in [0.2, 0.25) is 0 Å². The molecule has 3 atom stereocenters. The molecule has 0 aromatic heterocycles. The number of carboxylic acid groups (broad SMARTS) is 1. The molecule has 0 bridgehead atoms. The average molecular weight is 348 g/mol. The van der Waals surface area contributed by atoms with Crippen molar-refractivity contribution in [2.45, 2.75) is 38.4 Å². The van der Waals surface area contributed by atoms with E-state index in [2.05, 4.69) is 16.0 Å². The van der Waals surface area contributed by atoms with Gasteiger partial charge in [0.15, 0.2) is 0 Å². The molecule has 0 spiro atoms. The Morgan fingerprint density at radius 2 is 1.74 bits per heavy atom. The molecule has 0 aliphatic heterocycles. The zero-order valence-electron chi connectivity index (χ0n) is 13.4. The van der Waals surface area contributed by atoms with Crippen LogP contribution in [0.4, 0.5) is 0 Å². The zero-order chi connectivity index (χ0) is 18.0. The summed E-state index contributed by atoms with van der Waals surface area (Å²) in [6, 6.07) is -2.60. The molecule has 0 aliphatic rings. The van der Waals surface area contributed by atoms with Crippen molar-refractivity contribution in [3.05, 3.63) is 0 Å². The topological polar surface area (TPSA) is 151 Å². The SMILES string of the molecule is CSCCC(NC(=O)C(C)N)C(=O)NCC(=O)NC(C)C(=O)O. The van der Waals surface area contributed by atoms with E-state index in [0.29, 0.717) is 12.2 Å². The summed E-state index contributed by atoms with van der Waals surface area (Å²) in [4.78, 5) is 45.8. The fourth-order valence-electron chi connectivity index (χ4n) is 1.45. The number of hydrogen-bond acceptors (Lipinski definition) is 6. The molecular formula is C13H24N4O5S. The molecule has 6 N–H and O–H groups in total. The van der Waals surface area contributed by atoms with E-state index in [4.69, 9.17) is 10.8 Å². The van der Waals surface area contributed by atoms with Gasteiger partial charge in [-0.15, -0.1) is 0 Å². The summed E-state index contributed by atoms with van der Waals surface area (Å²) in [6.45, 7) is 2.44. The van der Waals surface area contributed by atoms with E-state index in [1.54, 1.807) is 0 Å². The zero-order valence-corrected chi connectivity index (χ0v) is 14.2. The maximum atomic E-state index is 12.1. The number of carbonyl (C=O) groups excluding carboxylic acids is 3. The minimum Gasteiger partial charge on any atom is -0.480 e. The molecule has 0 radical (unpaired) electrons. The molecule has 0 saturated carbocycles. The Morgan fingerprint density at radius 3 is 2.22 bits per heavy atom. The van der Waals surface area contributed by atoms with Gasteiger partial charge >= 0.3 is 5.97 Å². The molecule has 132 valence electrons. The summed E-state index contributed by atoms with van der Waals surface area (Å²) in [7, 11) is 0. The third kappa shape index (κ3) is 9.04. The predicted octanol–water partition coefficient (Wildman–Crippen LogP) is -1.72. The lowest BCUT2D eigenvalue weighted by Gasteiger charge is -2.19. The normalized spacial score (nSPS) is 14.3. The van der Waals surface area contributed by atoms with Crippen molar-refractivity contribution >= 4 is 35.5 Å². The molecular weight excluding hydrogens is 324 g/mol. The molecule has 0 aromatic carbocycles. The number of hydrogen-bond donors (Lipinski definition) is 5. The second-order valence-corrected chi connectivity index (χ2v) is 5.96. The Bertz CT molecular complexity index is 444. The van der Waals surface area contributed by atoms with E-state index >= 15 is 0 Å². The Morgan fingerprint density at radius 1 is 1.13 bits per heavy atom. The summed E-state index contributed by atoms with van der Waals surface area (Å²) in [5.74, 6) is -2.15. The van der Waals surface area contributed by atoms with Crippen LogP contribution in [-0.4, -0.2) is 65.5 Å². The van der Waals surface area contributed by atoms with Gasteiger partial charge < -0.3 is 26.8 Å². The minimum atomic E-state index is -1.17. The Hall–Kier alpha value is -1.81. The van der Waals surface area contributed by atoms with Gasteiger partial charge in [-0.1, -0.05) is 0 Å². The highest BCUT2D eigenvalue weighted by molar-refractivity contribution is 7.98. The fourth-order valence-corrected chi connectivity index (χ4v) is 1.92. The molecule has 0 fully saturated rings. The standard InChI is InChI=1S/C13H24N4O5S/c1-7(14)11(19)17-9(4-5-23-3)12(20)15-6-10(18)16-8(2)13(21)22/h7-9H,4-6,14H2,1-3H3,(H,15,20)(H,16,18)(H,17,19)(H,21,22). The number of nitrogens with one attached hydrogen (secondary N) is 3. The van der Waals surface area contributed by atoms with Gasteiger partial charge in [-0.3, -0.25) is 19.2 Å². The van der Waals surface area contributed by atoms with Gasteiger partial charge in [0.25, 0.3) is 0 Å². The number of carboxylic acids is 1. The number of amides is 3. The van der Waals surface area contributed by atoms with Crippen LogP contribution in [0.3, 0.4) is 0 Å². The van der Waals surface area contributed by atoms with Gasteiger partial charge in [0.1, 0.15) is 12.1 Å². The van der Waals surface area contributed by atoms with Crippen LogP contribution in [0.1, 0.15) is 20.3 Å². The quantitative estimate of drug-likeness (QED) is 0.315. The van der Waals surface area contributed by atoms with Gasteiger partial charge in [-0.2, -0.15) is 11.8 Å². The number of nitrogens with two attached hydrogens (primary N) is 1. The number of thioether (sulfide) groups is 1. The molecule has 0 aromatic rings. The van der Waals surface area contributed by atoms with Crippen LogP contribution in [0.5, 0.6) is 0 Å². The molecule has 0 saturated heterocycles. The maximum absolute atomic E-state index is 12.1. The first-order chi connectivity index (χ1) is 10.7. The van der Waals surface area contributed by atoms with Crippen molar-refractivity contribution in [1.82, 2.24) is 16.0 Å². The molecule has 0 heterocycles. The van der Waals surface area contributed by atoms with Crippen molar-refractivity contribution < 1.29 is 24.3 Å². The lowest BCUT2D eigenvalue weighted by molar-refractivity contribution is -0.141. The van der Waals surface area contributed by atoms with E-state index in [-0.39, 0.29) is 6.54 Å². The predicted molar refractivity (Wildman–Crippen MR) is 86.8 cm³/mol. The van der Waals surface area contributed by atoms with Crippen LogP contribution in [0, 0.1) is 0 Å². The highest BCUT2D eigenvalue weighted by Gasteiger charge is 2.22.